The molecule has 1 N–H and O–H groups in total. The number of fused-ring (bicyclic) bond motifs is 3. The molecule has 0 aromatic carbocycles. The second-order valence-corrected chi connectivity index (χ2v) is 7.32. The summed E-state index contributed by atoms with van der Waals surface area (Å²) in [6, 6.07) is 0. The second kappa shape index (κ2) is 9.76. The molecule has 0 aliphatic heterocycles. The van der Waals surface area contributed by atoms with Crippen LogP contribution in [-0.2, 0) is 4.74 Å². The summed E-state index contributed by atoms with van der Waals surface area (Å²) in [5, 5.41) is 9.36. The van der Waals surface area contributed by atoms with Gasteiger partial charge in [0.2, 0.25) is 0 Å². The molecule has 1 unspecified atom stereocenters. The van der Waals surface area contributed by atoms with Crippen LogP contribution in [-0.4, -0.2) is 39.5 Å². The summed E-state index contributed by atoms with van der Waals surface area (Å²) in [6.07, 6.45) is 11.9. The van der Waals surface area contributed by atoms with Gasteiger partial charge < -0.3 is 10.1 Å². The van der Waals surface area contributed by atoms with Crippen molar-refractivity contribution >= 4 is 43.2 Å². The monoisotopic (exact) mass is 413 g/mol. The first-order valence-corrected chi connectivity index (χ1v) is 10.8. The van der Waals surface area contributed by atoms with Crippen LogP contribution in [0.5, 0.6) is 0 Å². The fourth-order valence-electron chi connectivity index (χ4n) is 3.31. The van der Waals surface area contributed by atoms with Crippen LogP contribution in [0.2, 0.25) is 0 Å². The normalized spacial score (nSPS) is 19.6. The van der Waals surface area contributed by atoms with Gasteiger partial charge in [0.05, 0.1) is 17.7 Å². The number of methoxy groups -OCH3 is 1. The van der Waals surface area contributed by atoms with Crippen molar-refractivity contribution in [2.24, 2.45) is 0 Å². The average molecular weight is 414 g/mol. The van der Waals surface area contributed by atoms with Gasteiger partial charge in [0, 0.05) is 31.2 Å². The average Bonchev–Trinajstić information content (AvgIpc) is 3.11. The molecule has 154 valence electrons. The van der Waals surface area contributed by atoms with Crippen molar-refractivity contribution in [2.45, 2.75) is 46.1 Å². The van der Waals surface area contributed by atoms with Crippen LogP contribution >= 0.6 is 11.3 Å². The van der Waals surface area contributed by atoms with E-state index in [4.69, 9.17) is 4.74 Å². The molecule has 1 aliphatic rings. The number of anilines is 1. The zero-order valence-electron chi connectivity index (χ0n) is 17.3. The van der Waals surface area contributed by atoms with Crippen LogP contribution in [0, 0.1) is 0 Å². The Kier molecular flexibility index (Phi) is 7.11. The molecule has 0 radical (unpaired) electrons. The topological polar surface area (TPSA) is 81.9 Å². The fourth-order valence-corrected chi connectivity index (χ4v) is 4.35. The highest BCUT2D eigenvalue weighted by Crippen LogP contribution is 2.33. The van der Waals surface area contributed by atoms with Gasteiger partial charge in [0.15, 0.2) is 0 Å². The highest BCUT2D eigenvalue weighted by molar-refractivity contribution is 7.25. The quantitative estimate of drug-likeness (QED) is 0.636. The molecule has 0 saturated carbocycles. The number of hydrogen-bond acceptors (Lipinski definition) is 7. The van der Waals surface area contributed by atoms with E-state index in [2.05, 4.69) is 26.5 Å². The highest BCUT2D eigenvalue weighted by atomic mass is 32.1. The van der Waals surface area contributed by atoms with Gasteiger partial charge in [-0.2, -0.15) is 5.10 Å². The predicted octanol–water partition coefficient (Wildman–Crippen LogP) is 4.46. The molecule has 3 aromatic heterocycles. The van der Waals surface area contributed by atoms with Gasteiger partial charge in [0.25, 0.3) is 5.56 Å². The number of nitrogens with zero attached hydrogens (tertiary/aromatic N) is 4. The molecule has 0 bridgehead atoms. The Morgan fingerprint density at radius 2 is 2.17 bits per heavy atom. The standard InChI is InChI=1S/C19H21N5O2S.C2H6/c1-3-20-17-15-14-10-23-24(12-6-4-8-13(26-2)9-5-7-12)19(25)16(14)27-18(15)22-11-21-17;1-2/h4,7-8,10-11,13H,3,5-6,9H2,1-2H3,(H,20,21,22);1-2H3/b8-4-,12-7+;. The number of ether oxygens (including phenoxy) is 1. The molecule has 3 heterocycles. The first kappa shape index (κ1) is 21.1. The lowest BCUT2D eigenvalue weighted by Gasteiger charge is -2.14. The minimum Gasteiger partial charge on any atom is -0.377 e. The molecule has 1 atom stereocenters. The van der Waals surface area contributed by atoms with Crippen LogP contribution in [0.1, 0.15) is 40.0 Å². The Balaban J connectivity index is 0.00000117. The van der Waals surface area contributed by atoms with E-state index in [1.807, 2.05) is 32.9 Å². The summed E-state index contributed by atoms with van der Waals surface area (Å²) in [5.74, 6) is 0.742. The maximum Gasteiger partial charge on any atom is 0.289 e. The number of aromatic nitrogens is 4. The molecule has 7 nitrogen and oxygen atoms in total. The van der Waals surface area contributed by atoms with Crippen LogP contribution < -0.4 is 10.9 Å². The Labute approximate surface area is 174 Å². The molecular weight excluding hydrogens is 386 g/mol. The third kappa shape index (κ3) is 4.23. The lowest BCUT2D eigenvalue weighted by molar-refractivity contribution is 0.134. The minimum atomic E-state index is -0.110. The molecular formula is C21H27N5O2S. The smallest absolute Gasteiger partial charge is 0.289 e. The number of allylic oxidation sites excluding steroid dienone is 3. The Hall–Kier alpha value is -2.58. The van der Waals surface area contributed by atoms with E-state index in [9.17, 15) is 4.79 Å². The molecule has 1 aliphatic carbocycles. The molecule has 0 saturated heterocycles. The van der Waals surface area contributed by atoms with Crippen molar-refractivity contribution in [2.75, 3.05) is 19.0 Å². The number of hydrogen-bond donors (Lipinski definition) is 1. The van der Waals surface area contributed by atoms with E-state index in [1.165, 1.54) is 22.3 Å². The second-order valence-electron chi connectivity index (χ2n) is 6.32. The van der Waals surface area contributed by atoms with E-state index >= 15 is 0 Å². The zero-order chi connectivity index (χ0) is 20.8. The summed E-state index contributed by atoms with van der Waals surface area (Å²) in [6.45, 7) is 6.76. The largest absolute Gasteiger partial charge is 0.377 e. The Morgan fingerprint density at radius 3 is 2.93 bits per heavy atom. The summed E-state index contributed by atoms with van der Waals surface area (Å²) in [4.78, 5) is 22.6. The van der Waals surface area contributed by atoms with Crippen molar-refractivity contribution in [1.82, 2.24) is 19.7 Å². The molecule has 0 fully saturated rings. The van der Waals surface area contributed by atoms with Crippen molar-refractivity contribution in [3.63, 3.8) is 0 Å². The molecule has 3 aromatic rings. The van der Waals surface area contributed by atoms with E-state index in [0.717, 1.165) is 46.5 Å². The van der Waals surface area contributed by atoms with Gasteiger partial charge in [0.1, 0.15) is 21.7 Å². The molecule has 4 rings (SSSR count). The number of nitrogens with one attached hydrogen (secondary N) is 1. The van der Waals surface area contributed by atoms with Crippen LogP contribution in [0.15, 0.2) is 35.5 Å². The lowest BCUT2D eigenvalue weighted by Crippen LogP contribution is -2.21. The van der Waals surface area contributed by atoms with Gasteiger partial charge in [-0.3, -0.25) is 4.79 Å². The summed E-state index contributed by atoms with van der Waals surface area (Å²) < 4.78 is 7.56. The highest BCUT2D eigenvalue weighted by Gasteiger charge is 2.17. The first-order valence-electron chi connectivity index (χ1n) is 10.0. The maximum absolute atomic E-state index is 13.1. The summed E-state index contributed by atoms with van der Waals surface area (Å²) in [7, 11) is 1.72. The van der Waals surface area contributed by atoms with Crippen LogP contribution in [0.3, 0.4) is 0 Å². The summed E-state index contributed by atoms with van der Waals surface area (Å²) >= 11 is 1.39. The number of rotatable bonds is 4. The van der Waals surface area contributed by atoms with Gasteiger partial charge in [-0.1, -0.05) is 32.1 Å². The van der Waals surface area contributed by atoms with E-state index < -0.39 is 0 Å². The van der Waals surface area contributed by atoms with Gasteiger partial charge >= 0.3 is 0 Å². The van der Waals surface area contributed by atoms with Crippen molar-refractivity contribution in [1.29, 1.82) is 0 Å². The lowest BCUT2D eigenvalue weighted by atomic mass is 10.1. The molecule has 8 heteroatoms. The summed E-state index contributed by atoms with van der Waals surface area (Å²) in [5.41, 5.74) is 0.782. The van der Waals surface area contributed by atoms with Gasteiger partial charge in [-0.05, 0) is 19.8 Å². The number of thiophene rings is 1. The Morgan fingerprint density at radius 1 is 1.34 bits per heavy atom. The minimum absolute atomic E-state index is 0.110. The van der Waals surface area contributed by atoms with E-state index in [0.29, 0.717) is 11.1 Å². The first-order chi connectivity index (χ1) is 14.2. The van der Waals surface area contributed by atoms with Crippen molar-refractivity contribution in [3.8, 4) is 0 Å². The third-order valence-electron chi connectivity index (χ3n) is 4.64. The zero-order valence-corrected chi connectivity index (χ0v) is 18.1. The third-order valence-corrected chi connectivity index (χ3v) is 5.74. The molecule has 29 heavy (non-hydrogen) atoms. The van der Waals surface area contributed by atoms with Crippen LogP contribution in [0.4, 0.5) is 5.82 Å². The predicted molar refractivity (Wildman–Crippen MR) is 121 cm³/mol. The Bertz CT molecular complexity index is 1100. The molecule has 0 spiro atoms. The van der Waals surface area contributed by atoms with E-state index in [1.54, 1.807) is 13.3 Å². The van der Waals surface area contributed by atoms with Gasteiger partial charge in [-0.15, -0.1) is 11.3 Å². The fraction of sp³-hybridized carbons (Fsp3) is 0.429. The van der Waals surface area contributed by atoms with E-state index in [-0.39, 0.29) is 11.7 Å². The maximum atomic E-state index is 13.1. The molecule has 0 amide bonds. The SMILES string of the molecule is CC.CCNc1ncnc2sc3c(=O)n(/C4=C/CCC(OC)/C=C\C4)ncc3c12. The van der Waals surface area contributed by atoms with Crippen molar-refractivity contribution in [3.05, 3.63) is 41.1 Å². The van der Waals surface area contributed by atoms with Gasteiger partial charge in [-0.25, -0.2) is 14.6 Å². The van der Waals surface area contributed by atoms with Crippen LogP contribution in [0.25, 0.3) is 26.0 Å². The van der Waals surface area contributed by atoms with Crippen molar-refractivity contribution < 1.29 is 4.74 Å².